The minimum atomic E-state index is -0.610. The number of nitro groups is 1. The number of furan rings is 1. The first kappa shape index (κ1) is 10.6. The standard InChI is InChI=1S/C8H7N3O4S/c12-11(13)7-2-1-6(15-7)5-9-10-3-4-14-8(10)16/h1-2,5H,3-4H2/b9-5+. The molecular formula is C8H7N3O4S. The van der Waals surface area contributed by atoms with Crippen LogP contribution in [0.1, 0.15) is 5.76 Å². The van der Waals surface area contributed by atoms with Crippen LogP contribution in [0, 0.1) is 10.1 Å². The van der Waals surface area contributed by atoms with Gasteiger partial charge in [-0.2, -0.15) is 5.10 Å². The van der Waals surface area contributed by atoms with Crippen molar-refractivity contribution < 1.29 is 14.1 Å². The number of ether oxygens (including phenoxy) is 1. The Balaban J connectivity index is 2.05. The summed E-state index contributed by atoms with van der Waals surface area (Å²) in [5.41, 5.74) is 0. The Hall–Kier alpha value is -1.96. The number of hydrogen-bond donors (Lipinski definition) is 0. The average molecular weight is 241 g/mol. The Kier molecular flexibility index (Phi) is 2.82. The van der Waals surface area contributed by atoms with Gasteiger partial charge in [-0.3, -0.25) is 10.1 Å². The highest BCUT2D eigenvalue weighted by Gasteiger charge is 2.17. The van der Waals surface area contributed by atoms with Gasteiger partial charge >= 0.3 is 5.88 Å². The molecule has 2 heterocycles. The zero-order valence-corrected chi connectivity index (χ0v) is 8.85. The van der Waals surface area contributed by atoms with Crippen molar-refractivity contribution in [3.05, 3.63) is 28.0 Å². The van der Waals surface area contributed by atoms with Crippen LogP contribution < -0.4 is 0 Å². The second-order valence-corrected chi connectivity index (χ2v) is 3.26. The van der Waals surface area contributed by atoms with Gasteiger partial charge in [0.2, 0.25) is 0 Å². The van der Waals surface area contributed by atoms with Crippen molar-refractivity contribution in [2.24, 2.45) is 5.10 Å². The molecule has 2 rings (SSSR count). The van der Waals surface area contributed by atoms with E-state index < -0.39 is 4.92 Å². The molecule has 16 heavy (non-hydrogen) atoms. The second-order valence-electron chi connectivity index (χ2n) is 2.92. The van der Waals surface area contributed by atoms with Crippen LogP contribution in [0.3, 0.4) is 0 Å². The van der Waals surface area contributed by atoms with Crippen molar-refractivity contribution in [1.82, 2.24) is 5.01 Å². The van der Waals surface area contributed by atoms with Crippen molar-refractivity contribution in [3.63, 3.8) is 0 Å². The first-order valence-electron chi connectivity index (χ1n) is 4.39. The molecule has 1 saturated heterocycles. The molecule has 0 spiro atoms. The maximum Gasteiger partial charge on any atom is 0.433 e. The van der Waals surface area contributed by atoms with Gasteiger partial charge in [0.05, 0.1) is 18.8 Å². The third kappa shape index (κ3) is 2.16. The monoisotopic (exact) mass is 241 g/mol. The predicted molar refractivity (Wildman–Crippen MR) is 58.2 cm³/mol. The highest BCUT2D eigenvalue weighted by atomic mass is 32.1. The maximum absolute atomic E-state index is 10.3. The van der Waals surface area contributed by atoms with Crippen molar-refractivity contribution in [2.75, 3.05) is 13.2 Å². The zero-order chi connectivity index (χ0) is 11.5. The van der Waals surface area contributed by atoms with Crippen molar-refractivity contribution >= 4 is 29.5 Å². The first-order chi connectivity index (χ1) is 7.66. The third-order valence-corrected chi connectivity index (χ3v) is 2.18. The molecule has 7 nitrogen and oxygen atoms in total. The van der Waals surface area contributed by atoms with E-state index in [1.54, 1.807) is 0 Å². The van der Waals surface area contributed by atoms with Crippen LogP contribution in [0.25, 0.3) is 0 Å². The van der Waals surface area contributed by atoms with Crippen LogP contribution in [0.15, 0.2) is 21.7 Å². The summed E-state index contributed by atoms with van der Waals surface area (Å²) in [4.78, 5) is 9.73. The van der Waals surface area contributed by atoms with Crippen molar-refractivity contribution in [2.45, 2.75) is 0 Å². The summed E-state index contributed by atoms with van der Waals surface area (Å²) in [5.74, 6) is -0.0249. The predicted octanol–water partition coefficient (Wildman–Crippen LogP) is 1.14. The van der Waals surface area contributed by atoms with Crippen LogP contribution in [-0.4, -0.2) is 34.5 Å². The fourth-order valence-corrected chi connectivity index (χ4v) is 1.35. The molecule has 1 fully saturated rings. The van der Waals surface area contributed by atoms with Gasteiger partial charge in [0.1, 0.15) is 11.5 Å². The number of rotatable bonds is 3. The average Bonchev–Trinajstić information content (AvgIpc) is 2.83. The van der Waals surface area contributed by atoms with Crippen LogP contribution >= 0.6 is 12.2 Å². The van der Waals surface area contributed by atoms with E-state index in [-0.39, 0.29) is 11.1 Å². The molecule has 1 aliphatic rings. The molecule has 1 aliphatic heterocycles. The number of thiocarbonyl (C=S) groups is 1. The molecule has 0 atom stereocenters. The van der Waals surface area contributed by atoms with E-state index in [1.165, 1.54) is 23.4 Å². The molecule has 8 heteroatoms. The van der Waals surface area contributed by atoms with E-state index in [4.69, 9.17) is 21.4 Å². The molecule has 0 aliphatic carbocycles. The minimum absolute atomic E-state index is 0.289. The van der Waals surface area contributed by atoms with Crippen molar-refractivity contribution in [1.29, 1.82) is 0 Å². The number of nitrogens with zero attached hydrogens (tertiary/aromatic N) is 3. The highest BCUT2D eigenvalue weighted by Crippen LogP contribution is 2.14. The largest absolute Gasteiger partial charge is 0.468 e. The van der Waals surface area contributed by atoms with E-state index in [0.29, 0.717) is 18.9 Å². The Morgan fingerprint density at radius 2 is 2.44 bits per heavy atom. The van der Waals surface area contributed by atoms with Crippen molar-refractivity contribution in [3.8, 4) is 0 Å². The van der Waals surface area contributed by atoms with Gasteiger partial charge in [-0.25, -0.2) is 5.01 Å². The highest BCUT2D eigenvalue weighted by molar-refractivity contribution is 7.80. The van der Waals surface area contributed by atoms with E-state index in [0.717, 1.165) is 0 Å². The molecule has 0 N–H and O–H groups in total. The summed E-state index contributed by atoms with van der Waals surface area (Å²) in [6, 6.07) is 2.72. The topological polar surface area (TPSA) is 81.1 Å². The number of hydrogen-bond acceptors (Lipinski definition) is 6. The molecule has 1 aromatic heterocycles. The summed E-state index contributed by atoms with van der Waals surface area (Å²) in [7, 11) is 0. The minimum Gasteiger partial charge on any atom is -0.468 e. The number of hydrazone groups is 1. The van der Waals surface area contributed by atoms with E-state index in [9.17, 15) is 10.1 Å². The van der Waals surface area contributed by atoms with Crippen LogP contribution in [0.4, 0.5) is 5.88 Å². The summed E-state index contributed by atoms with van der Waals surface area (Å²) >= 11 is 4.85. The summed E-state index contributed by atoms with van der Waals surface area (Å²) in [6.45, 7) is 1.06. The summed E-state index contributed by atoms with van der Waals surface area (Å²) in [6.07, 6.45) is 1.36. The Bertz CT molecular complexity index is 456. The molecule has 0 amide bonds. The fourth-order valence-electron chi connectivity index (χ4n) is 1.13. The second kappa shape index (κ2) is 4.27. The molecule has 0 unspecified atom stereocenters. The lowest BCUT2D eigenvalue weighted by molar-refractivity contribution is -0.402. The molecule has 1 aromatic rings. The molecule has 84 valence electrons. The zero-order valence-electron chi connectivity index (χ0n) is 8.03. The van der Waals surface area contributed by atoms with Crippen LogP contribution in [0.5, 0.6) is 0 Å². The van der Waals surface area contributed by atoms with Gasteiger partial charge in [-0.1, -0.05) is 0 Å². The van der Waals surface area contributed by atoms with Crippen LogP contribution in [-0.2, 0) is 4.74 Å². The van der Waals surface area contributed by atoms with E-state index >= 15 is 0 Å². The quantitative estimate of drug-likeness (QED) is 0.341. The van der Waals surface area contributed by atoms with Gasteiger partial charge in [0.25, 0.3) is 5.17 Å². The SMILES string of the molecule is O=[N+]([O-])c1ccc(/C=N/N2CCOC2=S)o1. The molecular weight excluding hydrogens is 234 g/mol. The van der Waals surface area contributed by atoms with Gasteiger partial charge in [-0.05, 0) is 18.3 Å². The van der Waals surface area contributed by atoms with E-state index in [1.807, 2.05) is 0 Å². The van der Waals surface area contributed by atoms with Gasteiger partial charge < -0.3 is 9.15 Å². The van der Waals surface area contributed by atoms with Gasteiger partial charge in [0.15, 0.2) is 5.76 Å². The maximum atomic E-state index is 10.3. The fraction of sp³-hybridized carbons (Fsp3) is 0.250. The third-order valence-electron chi connectivity index (χ3n) is 1.86. The lowest BCUT2D eigenvalue weighted by Gasteiger charge is -2.04. The van der Waals surface area contributed by atoms with Gasteiger partial charge in [0, 0.05) is 0 Å². The Labute approximate surface area is 95.4 Å². The normalized spacial score (nSPS) is 15.8. The first-order valence-corrected chi connectivity index (χ1v) is 4.80. The van der Waals surface area contributed by atoms with E-state index in [2.05, 4.69) is 5.10 Å². The Morgan fingerprint density at radius 1 is 1.62 bits per heavy atom. The smallest absolute Gasteiger partial charge is 0.433 e. The lowest BCUT2D eigenvalue weighted by atomic mass is 10.5. The lowest BCUT2D eigenvalue weighted by Crippen LogP contribution is -2.17. The molecule has 0 radical (unpaired) electrons. The molecule has 0 bridgehead atoms. The summed E-state index contributed by atoms with van der Waals surface area (Å²) in [5, 5.41) is 16.1. The van der Waals surface area contributed by atoms with Crippen LogP contribution in [0.2, 0.25) is 0 Å². The van der Waals surface area contributed by atoms with Gasteiger partial charge in [-0.15, -0.1) is 0 Å². The Morgan fingerprint density at radius 3 is 3.00 bits per heavy atom. The summed E-state index contributed by atoms with van der Waals surface area (Å²) < 4.78 is 9.88. The molecule has 0 saturated carbocycles. The molecule has 0 aromatic carbocycles.